The summed E-state index contributed by atoms with van der Waals surface area (Å²) in [6.07, 6.45) is 3.29. The number of ether oxygens (including phenoxy) is 1. The van der Waals surface area contributed by atoms with E-state index in [0.717, 1.165) is 11.3 Å². The highest BCUT2D eigenvalue weighted by Crippen LogP contribution is 2.15. The molecule has 2 aromatic heterocycles. The molecule has 0 fully saturated rings. The fraction of sp³-hybridized carbons (Fsp3) is 0.188. The number of pyridine rings is 1. The van der Waals surface area contributed by atoms with Crippen molar-refractivity contribution in [2.24, 2.45) is 0 Å². The van der Waals surface area contributed by atoms with Crippen molar-refractivity contribution in [2.45, 2.75) is 13.5 Å². The lowest BCUT2D eigenvalue weighted by Crippen LogP contribution is -2.20. The highest BCUT2D eigenvalue weighted by atomic mass is 16.5. The van der Waals surface area contributed by atoms with Crippen molar-refractivity contribution in [3.63, 3.8) is 0 Å². The van der Waals surface area contributed by atoms with Crippen LogP contribution in [0.1, 0.15) is 6.92 Å². The maximum Gasteiger partial charge on any atom is 0.248 e. The predicted molar refractivity (Wildman–Crippen MR) is 87.3 cm³/mol. The Hall–Kier alpha value is -3.29. The number of nitrogens with zero attached hydrogens (tertiary/aromatic N) is 5. The summed E-state index contributed by atoms with van der Waals surface area (Å²) >= 11 is 0. The molecule has 0 spiro atoms. The molecule has 0 saturated carbocycles. The van der Waals surface area contributed by atoms with Gasteiger partial charge in [-0.2, -0.15) is 4.80 Å². The van der Waals surface area contributed by atoms with Crippen LogP contribution in [-0.2, 0) is 11.3 Å². The summed E-state index contributed by atoms with van der Waals surface area (Å²) in [5.41, 5.74) is 1.47. The minimum atomic E-state index is -0.238. The molecule has 0 aliphatic heterocycles. The zero-order chi connectivity index (χ0) is 16.8. The number of carbonyl (C=O) groups excluding carboxylic acids is 1. The fourth-order valence-electron chi connectivity index (χ4n) is 2.06. The van der Waals surface area contributed by atoms with Crippen LogP contribution in [0.15, 0.2) is 48.8 Å². The molecule has 8 nitrogen and oxygen atoms in total. The van der Waals surface area contributed by atoms with Gasteiger partial charge in [0, 0.05) is 23.6 Å². The minimum Gasteiger partial charge on any atom is -0.494 e. The molecule has 24 heavy (non-hydrogen) atoms. The molecule has 3 aromatic rings. The van der Waals surface area contributed by atoms with E-state index in [1.807, 2.05) is 6.92 Å². The van der Waals surface area contributed by atoms with E-state index in [1.54, 1.807) is 48.8 Å². The van der Waals surface area contributed by atoms with Gasteiger partial charge in [-0.1, -0.05) is 0 Å². The Labute approximate surface area is 138 Å². The van der Waals surface area contributed by atoms with Crippen molar-refractivity contribution >= 4 is 11.6 Å². The third-order valence-corrected chi connectivity index (χ3v) is 3.13. The number of carbonyl (C=O) groups is 1. The number of rotatable bonds is 6. The number of tetrazole rings is 1. The molecule has 8 heteroatoms. The number of hydrogen-bond donors (Lipinski definition) is 1. The molecule has 2 heterocycles. The van der Waals surface area contributed by atoms with E-state index in [0.29, 0.717) is 18.1 Å². The second kappa shape index (κ2) is 7.32. The van der Waals surface area contributed by atoms with Crippen molar-refractivity contribution < 1.29 is 9.53 Å². The number of anilines is 1. The largest absolute Gasteiger partial charge is 0.494 e. The van der Waals surface area contributed by atoms with Crippen molar-refractivity contribution in [3.05, 3.63) is 48.8 Å². The normalized spacial score (nSPS) is 10.4. The molecular formula is C16H16N6O2. The summed E-state index contributed by atoms with van der Waals surface area (Å²) in [6, 6.07) is 10.7. The third-order valence-electron chi connectivity index (χ3n) is 3.13. The molecule has 0 radical (unpaired) electrons. The standard InChI is InChI=1S/C16H16N6O2/c1-2-24-14-5-3-13(4-6-14)18-15(23)11-22-20-16(19-21-22)12-7-9-17-10-8-12/h3-10H,2,11H2,1H3,(H,18,23). The summed E-state index contributed by atoms with van der Waals surface area (Å²) in [4.78, 5) is 17.2. The fourth-order valence-corrected chi connectivity index (χ4v) is 2.06. The lowest BCUT2D eigenvalue weighted by Gasteiger charge is -2.06. The monoisotopic (exact) mass is 324 g/mol. The van der Waals surface area contributed by atoms with Crippen molar-refractivity contribution in [1.82, 2.24) is 25.2 Å². The average molecular weight is 324 g/mol. The van der Waals surface area contributed by atoms with Crippen LogP contribution in [-0.4, -0.2) is 37.7 Å². The summed E-state index contributed by atoms with van der Waals surface area (Å²) in [5.74, 6) is 0.972. The first-order chi connectivity index (χ1) is 11.7. The molecule has 1 N–H and O–H groups in total. The van der Waals surface area contributed by atoms with Gasteiger partial charge in [-0.3, -0.25) is 9.78 Å². The molecule has 0 aliphatic carbocycles. The summed E-state index contributed by atoms with van der Waals surface area (Å²) in [5, 5.41) is 14.8. The molecule has 0 bridgehead atoms. The Morgan fingerprint density at radius 3 is 2.62 bits per heavy atom. The van der Waals surface area contributed by atoms with E-state index in [1.165, 1.54) is 4.80 Å². The predicted octanol–water partition coefficient (Wildman–Crippen LogP) is 1.77. The number of hydrogen-bond acceptors (Lipinski definition) is 6. The van der Waals surface area contributed by atoms with E-state index in [-0.39, 0.29) is 12.5 Å². The Kier molecular flexibility index (Phi) is 4.76. The van der Waals surface area contributed by atoms with Gasteiger partial charge in [0.25, 0.3) is 0 Å². The number of amides is 1. The van der Waals surface area contributed by atoms with Crippen LogP contribution in [0.5, 0.6) is 5.75 Å². The van der Waals surface area contributed by atoms with E-state index in [4.69, 9.17) is 4.74 Å². The SMILES string of the molecule is CCOc1ccc(NC(=O)Cn2nnc(-c3ccncc3)n2)cc1. The lowest BCUT2D eigenvalue weighted by molar-refractivity contribution is -0.117. The minimum absolute atomic E-state index is 0.0225. The second-order valence-corrected chi connectivity index (χ2v) is 4.88. The van der Waals surface area contributed by atoms with Crippen LogP contribution in [0, 0.1) is 0 Å². The molecule has 1 aromatic carbocycles. The van der Waals surface area contributed by atoms with Gasteiger partial charge in [-0.15, -0.1) is 10.2 Å². The van der Waals surface area contributed by atoms with Gasteiger partial charge in [0.2, 0.25) is 11.7 Å². The van der Waals surface area contributed by atoms with Gasteiger partial charge in [-0.05, 0) is 48.5 Å². The van der Waals surface area contributed by atoms with Crippen LogP contribution >= 0.6 is 0 Å². The van der Waals surface area contributed by atoms with E-state index >= 15 is 0 Å². The smallest absolute Gasteiger partial charge is 0.248 e. The average Bonchev–Trinajstić information content (AvgIpc) is 3.06. The first kappa shape index (κ1) is 15.6. The Morgan fingerprint density at radius 2 is 1.92 bits per heavy atom. The lowest BCUT2D eigenvalue weighted by atomic mass is 10.3. The second-order valence-electron chi connectivity index (χ2n) is 4.88. The highest BCUT2D eigenvalue weighted by Gasteiger charge is 2.09. The maximum absolute atomic E-state index is 12.1. The summed E-state index contributed by atoms with van der Waals surface area (Å²) in [7, 11) is 0. The van der Waals surface area contributed by atoms with Crippen molar-refractivity contribution in [1.29, 1.82) is 0 Å². The first-order valence-corrected chi connectivity index (χ1v) is 7.45. The van der Waals surface area contributed by atoms with E-state index in [9.17, 15) is 4.79 Å². The zero-order valence-electron chi connectivity index (χ0n) is 13.1. The first-order valence-electron chi connectivity index (χ1n) is 7.45. The van der Waals surface area contributed by atoms with Gasteiger partial charge in [-0.25, -0.2) is 0 Å². The summed E-state index contributed by atoms with van der Waals surface area (Å²) in [6.45, 7) is 2.50. The molecule has 122 valence electrons. The molecule has 0 saturated heterocycles. The van der Waals surface area contributed by atoms with Gasteiger partial charge in [0.15, 0.2) is 0 Å². The van der Waals surface area contributed by atoms with Gasteiger partial charge in [0.05, 0.1) is 6.61 Å². The van der Waals surface area contributed by atoms with E-state index in [2.05, 4.69) is 25.7 Å². The molecule has 1 amide bonds. The topological polar surface area (TPSA) is 94.8 Å². The Morgan fingerprint density at radius 1 is 1.17 bits per heavy atom. The van der Waals surface area contributed by atoms with E-state index < -0.39 is 0 Å². The molecular weight excluding hydrogens is 308 g/mol. The molecule has 0 aliphatic rings. The van der Waals surface area contributed by atoms with Crippen LogP contribution < -0.4 is 10.1 Å². The van der Waals surface area contributed by atoms with Crippen LogP contribution in [0.25, 0.3) is 11.4 Å². The zero-order valence-corrected chi connectivity index (χ0v) is 13.1. The number of nitrogens with one attached hydrogen (secondary N) is 1. The Bertz CT molecular complexity index is 801. The highest BCUT2D eigenvalue weighted by molar-refractivity contribution is 5.90. The number of aromatic nitrogens is 5. The molecule has 0 atom stereocenters. The quantitative estimate of drug-likeness (QED) is 0.742. The van der Waals surface area contributed by atoms with Gasteiger partial charge in [0.1, 0.15) is 12.3 Å². The van der Waals surface area contributed by atoms with Gasteiger partial charge >= 0.3 is 0 Å². The van der Waals surface area contributed by atoms with Crippen molar-refractivity contribution in [3.8, 4) is 17.1 Å². The molecule has 0 unspecified atom stereocenters. The van der Waals surface area contributed by atoms with Crippen LogP contribution in [0.2, 0.25) is 0 Å². The third kappa shape index (κ3) is 3.92. The van der Waals surface area contributed by atoms with Crippen molar-refractivity contribution in [2.75, 3.05) is 11.9 Å². The Balaban J connectivity index is 1.60. The van der Waals surface area contributed by atoms with Crippen LogP contribution in [0.3, 0.4) is 0 Å². The number of benzene rings is 1. The molecule has 3 rings (SSSR count). The van der Waals surface area contributed by atoms with Gasteiger partial charge < -0.3 is 10.1 Å². The summed E-state index contributed by atoms with van der Waals surface area (Å²) < 4.78 is 5.36. The van der Waals surface area contributed by atoms with Crippen LogP contribution in [0.4, 0.5) is 5.69 Å². The maximum atomic E-state index is 12.1.